The fraction of sp³-hybridized carbons (Fsp3) is 0.444. The number of hydrogen-bond donors (Lipinski definition) is 8. The maximum Gasteiger partial charge on any atom is 0.197 e. The SMILES string of the molecule is C[C@@H]1O[C@@H](O[C@@H]2[C@@H](O)[C@@H](O)[C@@H](C)O[C@H]2c2c(O)cc3oc(-c4ccc(O)cc4)cc(=O)c3c2O)[C@H](O)[C@H](O)[C@H]1O. The molecule has 8 N–H and O–H groups in total. The molecule has 3 heterocycles. The van der Waals surface area contributed by atoms with Gasteiger partial charge in [0.1, 0.15) is 76.7 Å². The molecule has 0 amide bonds. The highest BCUT2D eigenvalue weighted by Gasteiger charge is 2.50. The molecule has 40 heavy (non-hydrogen) atoms. The van der Waals surface area contributed by atoms with E-state index >= 15 is 0 Å². The van der Waals surface area contributed by atoms with Crippen LogP contribution in [-0.2, 0) is 14.2 Å². The number of ether oxygens (including phenoxy) is 3. The van der Waals surface area contributed by atoms with Gasteiger partial charge in [0.05, 0.1) is 17.8 Å². The lowest BCUT2D eigenvalue weighted by Crippen LogP contribution is -2.61. The first-order valence-electron chi connectivity index (χ1n) is 12.6. The van der Waals surface area contributed by atoms with Crippen LogP contribution in [0.2, 0.25) is 0 Å². The Labute approximate surface area is 226 Å². The highest BCUT2D eigenvalue weighted by Crippen LogP contribution is 2.46. The molecule has 0 unspecified atom stereocenters. The Balaban J connectivity index is 1.57. The summed E-state index contributed by atoms with van der Waals surface area (Å²) >= 11 is 0. The van der Waals surface area contributed by atoms with Gasteiger partial charge in [-0.05, 0) is 38.1 Å². The lowest BCUT2D eigenvalue weighted by atomic mass is 9.89. The maximum atomic E-state index is 13.1. The van der Waals surface area contributed by atoms with Gasteiger partial charge >= 0.3 is 0 Å². The van der Waals surface area contributed by atoms with Crippen molar-refractivity contribution in [1.82, 2.24) is 0 Å². The van der Waals surface area contributed by atoms with Gasteiger partial charge in [0.2, 0.25) is 0 Å². The molecule has 2 saturated heterocycles. The van der Waals surface area contributed by atoms with E-state index in [1.165, 1.54) is 38.1 Å². The van der Waals surface area contributed by atoms with Gasteiger partial charge in [-0.25, -0.2) is 0 Å². The third kappa shape index (κ3) is 4.80. The number of rotatable bonds is 4. The molecule has 1 aromatic heterocycles. The standard InChI is InChI=1S/C27H30O13/c1-9-20(32)23(35)26(40-27-24(36)22(34)19(31)10(2)38-27)25(37-9)18-14(30)8-16-17(21(18)33)13(29)7-15(39-16)11-3-5-12(28)6-4-11/h3-10,19-20,22-28,30-36H,1-2H3/t9-,10+,19+,20+,22-,23+,24-,25+,26-,27+/m1/s1. The van der Waals surface area contributed by atoms with Crippen molar-refractivity contribution in [3.8, 4) is 28.6 Å². The van der Waals surface area contributed by atoms with Gasteiger partial charge < -0.3 is 59.5 Å². The molecule has 2 aromatic carbocycles. The molecule has 2 aliphatic rings. The van der Waals surface area contributed by atoms with Crippen molar-refractivity contribution in [1.29, 1.82) is 0 Å². The average Bonchev–Trinajstić information content (AvgIpc) is 2.91. The van der Waals surface area contributed by atoms with E-state index in [4.69, 9.17) is 18.6 Å². The van der Waals surface area contributed by atoms with E-state index in [0.29, 0.717) is 5.56 Å². The van der Waals surface area contributed by atoms with Gasteiger partial charge in [-0.1, -0.05) is 0 Å². The number of benzene rings is 2. The second kappa shape index (κ2) is 10.6. The Bertz CT molecular complexity index is 1440. The molecule has 3 aromatic rings. The van der Waals surface area contributed by atoms with Crippen LogP contribution in [0.5, 0.6) is 17.2 Å². The molecule has 0 spiro atoms. The van der Waals surface area contributed by atoms with Crippen LogP contribution in [0.1, 0.15) is 25.5 Å². The third-order valence-electron chi connectivity index (χ3n) is 7.37. The van der Waals surface area contributed by atoms with Crippen LogP contribution in [0.3, 0.4) is 0 Å². The summed E-state index contributed by atoms with van der Waals surface area (Å²) in [6.45, 7) is 2.85. The quantitative estimate of drug-likeness (QED) is 0.210. The molecule has 0 bridgehead atoms. The van der Waals surface area contributed by atoms with Crippen LogP contribution < -0.4 is 5.43 Å². The number of aliphatic hydroxyl groups excluding tert-OH is 5. The summed E-state index contributed by atoms with van der Waals surface area (Å²) in [7, 11) is 0. The van der Waals surface area contributed by atoms with Crippen molar-refractivity contribution in [2.24, 2.45) is 0 Å². The van der Waals surface area contributed by atoms with Crippen LogP contribution in [0.15, 0.2) is 45.6 Å². The molecule has 0 radical (unpaired) electrons. The van der Waals surface area contributed by atoms with Crippen molar-refractivity contribution in [3.05, 3.63) is 52.2 Å². The summed E-state index contributed by atoms with van der Waals surface area (Å²) in [6, 6.07) is 8.01. The number of aromatic hydroxyl groups is 3. The predicted molar refractivity (Wildman–Crippen MR) is 135 cm³/mol. The van der Waals surface area contributed by atoms with Crippen LogP contribution in [-0.4, -0.2) is 96.0 Å². The van der Waals surface area contributed by atoms with Gasteiger partial charge in [-0.3, -0.25) is 4.79 Å². The van der Waals surface area contributed by atoms with E-state index in [-0.39, 0.29) is 28.0 Å². The first-order chi connectivity index (χ1) is 18.9. The van der Waals surface area contributed by atoms with Crippen molar-refractivity contribution in [3.63, 3.8) is 0 Å². The Kier molecular flexibility index (Phi) is 7.50. The molecule has 10 atom stereocenters. The van der Waals surface area contributed by atoms with Crippen molar-refractivity contribution < 1.29 is 59.5 Å². The van der Waals surface area contributed by atoms with Gasteiger partial charge in [0.25, 0.3) is 0 Å². The Morgan fingerprint density at radius 1 is 0.775 bits per heavy atom. The molecule has 0 saturated carbocycles. The van der Waals surface area contributed by atoms with E-state index in [0.717, 1.165) is 12.1 Å². The molecular formula is C27H30O13. The lowest BCUT2D eigenvalue weighted by Gasteiger charge is -2.46. The first-order valence-corrected chi connectivity index (χ1v) is 12.6. The Morgan fingerprint density at radius 3 is 2.08 bits per heavy atom. The monoisotopic (exact) mass is 562 g/mol. The fourth-order valence-corrected chi connectivity index (χ4v) is 5.06. The number of hydrogen-bond acceptors (Lipinski definition) is 13. The Hall–Kier alpha value is -3.27. The van der Waals surface area contributed by atoms with Crippen LogP contribution in [0, 0.1) is 0 Å². The van der Waals surface area contributed by atoms with E-state index in [1.807, 2.05) is 0 Å². The van der Waals surface area contributed by atoms with Gasteiger partial charge in [0.15, 0.2) is 11.7 Å². The molecule has 2 aliphatic heterocycles. The van der Waals surface area contributed by atoms with Crippen molar-refractivity contribution in [2.45, 2.75) is 75.1 Å². The summed E-state index contributed by atoms with van der Waals surface area (Å²) in [5.74, 6) is -1.22. The molecule has 13 nitrogen and oxygen atoms in total. The predicted octanol–water partition coefficient (Wildman–Crippen LogP) is -0.0289. The Morgan fingerprint density at radius 2 is 1.40 bits per heavy atom. The summed E-state index contributed by atoms with van der Waals surface area (Å²) in [5, 5.41) is 83.4. The second-order valence-electron chi connectivity index (χ2n) is 10.1. The van der Waals surface area contributed by atoms with Crippen molar-refractivity contribution in [2.75, 3.05) is 0 Å². The summed E-state index contributed by atoms with van der Waals surface area (Å²) < 4.78 is 22.8. The number of phenols is 3. The topological polar surface area (TPSA) is 220 Å². The average molecular weight is 563 g/mol. The van der Waals surface area contributed by atoms with Crippen LogP contribution in [0.4, 0.5) is 0 Å². The summed E-state index contributed by atoms with van der Waals surface area (Å²) in [4.78, 5) is 13.1. The number of aliphatic hydroxyl groups is 5. The molecule has 0 aliphatic carbocycles. The second-order valence-corrected chi connectivity index (χ2v) is 10.1. The number of fused-ring (bicyclic) bond motifs is 1. The highest BCUT2D eigenvalue weighted by atomic mass is 16.7. The third-order valence-corrected chi connectivity index (χ3v) is 7.37. The van der Waals surface area contributed by atoms with Gasteiger partial charge in [-0.15, -0.1) is 0 Å². The molecular weight excluding hydrogens is 532 g/mol. The van der Waals surface area contributed by atoms with Crippen LogP contribution in [0.25, 0.3) is 22.3 Å². The fourth-order valence-electron chi connectivity index (χ4n) is 5.06. The zero-order valence-corrected chi connectivity index (χ0v) is 21.4. The normalized spacial score (nSPS) is 34.7. The summed E-state index contributed by atoms with van der Waals surface area (Å²) in [6.07, 6.45) is -14.8. The minimum absolute atomic E-state index is 0.00361. The smallest absolute Gasteiger partial charge is 0.197 e. The largest absolute Gasteiger partial charge is 0.508 e. The minimum Gasteiger partial charge on any atom is -0.508 e. The molecule has 13 heteroatoms. The van der Waals surface area contributed by atoms with Crippen molar-refractivity contribution >= 4 is 11.0 Å². The molecule has 2 fully saturated rings. The van der Waals surface area contributed by atoms with E-state index < -0.39 is 78.2 Å². The van der Waals surface area contributed by atoms with E-state index in [2.05, 4.69) is 0 Å². The van der Waals surface area contributed by atoms with Gasteiger partial charge in [-0.2, -0.15) is 0 Å². The molecule has 216 valence electrons. The highest BCUT2D eigenvalue weighted by molar-refractivity contribution is 5.88. The number of phenolic OH excluding ortho intramolecular Hbond substituents is 3. The zero-order valence-electron chi connectivity index (χ0n) is 21.4. The summed E-state index contributed by atoms with van der Waals surface area (Å²) in [5.41, 5.74) is -0.767. The maximum absolute atomic E-state index is 13.1. The van der Waals surface area contributed by atoms with E-state index in [9.17, 15) is 45.6 Å². The molecule has 5 rings (SSSR count). The zero-order chi connectivity index (χ0) is 29.0. The first kappa shape index (κ1) is 28.3. The van der Waals surface area contributed by atoms with E-state index in [1.54, 1.807) is 0 Å². The van der Waals surface area contributed by atoms with Gasteiger partial charge in [0, 0.05) is 17.7 Å². The minimum atomic E-state index is -1.76. The van der Waals surface area contributed by atoms with Crippen LogP contribution >= 0.6 is 0 Å². The lowest BCUT2D eigenvalue weighted by molar-refractivity contribution is -0.336.